The van der Waals surface area contributed by atoms with Gasteiger partial charge in [-0.15, -0.1) is 10.2 Å². The first-order valence-electron chi connectivity index (χ1n) is 8.98. The molecule has 6 nitrogen and oxygen atoms in total. The lowest BCUT2D eigenvalue weighted by Gasteiger charge is -2.11. The zero-order chi connectivity index (χ0) is 20.1. The van der Waals surface area contributed by atoms with Crippen LogP contribution in [0.2, 0.25) is 0 Å². The molecule has 2 aromatic carbocycles. The van der Waals surface area contributed by atoms with Crippen LogP contribution >= 0.6 is 11.8 Å². The molecule has 0 aliphatic carbocycles. The summed E-state index contributed by atoms with van der Waals surface area (Å²) in [5.74, 6) is 0.174. The topological polar surface area (TPSA) is 64.7 Å². The maximum atomic E-state index is 13.3. The van der Waals surface area contributed by atoms with Gasteiger partial charge < -0.3 is 5.32 Å². The van der Waals surface area contributed by atoms with Crippen molar-refractivity contribution in [2.75, 3.05) is 11.1 Å². The van der Waals surface area contributed by atoms with Crippen molar-refractivity contribution in [1.82, 2.24) is 19.3 Å². The Morgan fingerprint density at radius 2 is 1.79 bits per heavy atom. The molecule has 1 N–H and O–H groups in total. The van der Waals surface area contributed by atoms with E-state index >= 15 is 0 Å². The van der Waals surface area contributed by atoms with Crippen LogP contribution in [0.3, 0.4) is 0 Å². The van der Waals surface area contributed by atoms with Crippen LogP contribution in [-0.2, 0) is 11.3 Å². The number of carbonyl (C=O) groups is 1. The third kappa shape index (κ3) is 4.72. The van der Waals surface area contributed by atoms with Crippen molar-refractivity contribution in [2.45, 2.75) is 11.7 Å². The molecule has 2 heterocycles. The molecule has 0 saturated heterocycles. The van der Waals surface area contributed by atoms with Crippen molar-refractivity contribution in [3.05, 3.63) is 90.5 Å². The molecule has 0 fully saturated rings. The Bertz CT molecular complexity index is 1100. The van der Waals surface area contributed by atoms with Crippen LogP contribution in [0, 0.1) is 5.82 Å². The highest BCUT2D eigenvalue weighted by Gasteiger charge is 2.16. The summed E-state index contributed by atoms with van der Waals surface area (Å²) in [5.41, 5.74) is 1.53. The molecule has 0 unspecified atom stereocenters. The van der Waals surface area contributed by atoms with E-state index < -0.39 is 5.82 Å². The van der Waals surface area contributed by atoms with E-state index in [9.17, 15) is 9.18 Å². The Balaban J connectivity index is 1.51. The largest absolute Gasteiger partial charge is 0.325 e. The van der Waals surface area contributed by atoms with E-state index in [1.165, 1.54) is 23.9 Å². The van der Waals surface area contributed by atoms with Gasteiger partial charge in [-0.2, -0.15) is 0 Å². The van der Waals surface area contributed by atoms with E-state index in [1.807, 2.05) is 64.0 Å². The number of amides is 1. The minimum absolute atomic E-state index is 0.134. The van der Waals surface area contributed by atoms with Gasteiger partial charge in [0.15, 0.2) is 5.16 Å². The van der Waals surface area contributed by atoms with Crippen molar-refractivity contribution in [3.8, 4) is 5.95 Å². The number of hydrogen-bond acceptors (Lipinski definition) is 4. The molecule has 0 aliphatic heterocycles. The fourth-order valence-electron chi connectivity index (χ4n) is 2.84. The van der Waals surface area contributed by atoms with Crippen LogP contribution < -0.4 is 5.32 Å². The second kappa shape index (κ2) is 8.74. The molecule has 0 spiro atoms. The number of rotatable bonds is 7. The predicted molar refractivity (Wildman–Crippen MR) is 111 cm³/mol. The lowest BCUT2D eigenvalue weighted by atomic mass is 10.2. The van der Waals surface area contributed by atoms with Crippen molar-refractivity contribution in [2.24, 2.45) is 0 Å². The number of nitrogens with zero attached hydrogens (tertiary/aromatic N) is 4. The second-order valence-electron chi connectivity index (χ2n) is 6.29. The molecule has 2 aromatic heterocycles. The SMILES string of the molecule is O=C(CSc1nnc(-n2cccc2)n1Cc1ccccc1)Nc1cccc(F)c1. The zero-order valence-electron chi connectivity index (χ0n) is 15.4. The molecular formula is C21H18FN5OS. The molecule has 146 valence electrons. The van der Waals surface area contributed by atoms with Crippen molar-refractivity contribution in [3.63, 3.8) is 0 Å². The standard InChI is InChI=1S/C21H18FN5OS/c22-17-9-6-10-18(13-17)23-19(28)15-29-21-25-24-20(26-11-4-5-12-26)27(21)14-16-7-2-1-3-8-16/h1-13H,14-15H2,(H,23,28). The molecule has 8 heteroatoms. The average molecular weight is 407 g/mol. The van der Waals surface area contributed by atoms with Crippen molar-refractivity contribution >= 4 is 23.4 Å². The lowest BCUT2D eigenvalue weighted by Crippen LogP contribution is -2.15. The van der Waals surface area contributed by atoms with Gasteiger partial charge in [0.1, 0.15) is 5.82 Å². The monoisotopic (exact) mass is 407 g/mol. The predicted octanol–water partition coefficient (Wildman–Crippen LogP) is 3.99. The smallest absolute Gasteiger partial charge is 0.236 e. The summed E-state index contributed by atoms with van der Waals surface area (Å²) < 4.78 is 17.1. The highest BCUT2D eigenvalue weighted by atomic mass is 32.2. The fourth-order valence-corrected chi connectivity index (χ4v) is 3.58. The molecule has 1 amide bonds. The summed E-state index contributed by atoms with van der Waals surface area (Å²) in [6.07, 6.45) is 3.80. The Labute approximate surface area is 171 Å². The molecule has 0 atom stereocenters. The first-order valence-corrected chi connectivity index (χ1v) is 9.96. The van der Waals surface area contributed by atoms with Crippen LogP contribution in [0.1, 0.15) is 5.56 Å². The van der Waals surface area contributed by atoms with Crippen LogP contribution in [-0.4, -0.2) is 31.0 Å². The summed E-state index contributed by atoms with van der Waals surface area (Å²) >= 11 is 1.29. The average Bonchev–Trinajstić information content (AvgIpc) is 3.37. The number of benzene rings is 2. The molecule has 29 heavy (non-hydrogen) atoms. The van der Waals surface area contributed by atoms with Gasteiger partial charge >= 0.3 is 0 Å². The van der Waals surface area contributed by atoms with Gasteiger partial charge in [-0.25, -0.2) is 4.39 Å². The molecule has 0 bridgehead atoms. The summed E-state index contributed by atoms with van der Waals surface area (Å²) in [6, 6.07) is 19.6. The number of carbonyl (C=O) groups excluding carboxylic acids is 1. The van der Waals surface area contributed by atoms with Crippen LogP contribution in [0.4, 0.5) is 10.1 Å². The van der Waals surface area contributed by atoms with Crippen LogP contribution in [0.5, 0.6) is 0 Å². The highest BCUT2D eigenvalue weighted by molar-refractivity contribution is 7.99. The normalized spacial score (nSPS) is 10.8. The number of halogens is 1. The van der Waals surface area contributed by atoms with Gasteiger partial charge in [-0.05, 0) is 35.9 Å². The number of thioether (sulfide) groups is 1. The van der Waals surface area contributed by atoms with E-state index in [4.69, 9.17) is 0 Å². The highest BCUT2D eigenvalue weighted by Crippen LogP contribution is 2.21. The third-order valence-electron chi connectivity index (χ3n) is 4.16. The van der Waals surface area contributed by atoms with E-state index in [-0.39, 0.29) is 11.7 Å². The number of hydrogen-bond donors (Lipinski definition) is 1. The zero-order valence-corrected chi connectivity index (χ0v) is 16.2. The van der Waals surface area contributed by atoms with Crippen LogP contribution in [0.25, 0.3) is 5.95 Å². The first kappa shape index (κ1) is 18.9. The number of aromatic nitrogens is 4. The summed E-state index contributed by atoms with van der Waals surface area (Å²) in [6.45, 7) is 0.579. The molecule has 0 radical (unpaired) electrons. The van der Waals surface area contributed by atoms with Crippen molar-refractivity contribution < 1.29 is 9.18 Å². The van der Waals surface area contributed by atoms with Gasteiger partial charge in [0, 0.05) is 18.1 Å². The van der Waals surface area contributed by atoms with Crippen LogP contribution in [0.15, 0.2) is 84.3 Å². The minimum atomic E-state index is -0.394. The van der Waals surface area contributed by atoms with Crippen molar-refractivity contribution in [1.29, 1.82) is 0 Å². The van der Waals surface area contributed by atoms with E-state index in [0.717, 1.165) is 5.56 Å². The molecule has 4 rings (SSSR count). The second-order valence-corrected chi connectivity index (χ2v) is 7.23. The minimum Gasteiger partial charge on any atom is -0.325 e. The quantitative estimate of drug-likeness (QED) is 0.471. The van der Waals surface area contributed by atoms with E-state index in [2.05, 4.69) is 15.5 Å². The summed E-state index contributed by atoms with van der Waals surface area (Å²) in [7, 11) is 0. The Morgan fingerprint density at radius 3 is 2.55 bits per heavy atom. The molecule has 0 saturated carbocycles. The Morgan fingerprint density at radius 1 is 1.00 bits per heavy atom. The van der Waals surface area contributed by atoms with Gasteiger partial charge in [-0.3, -0.25) is 13.9 Å². The Kier molecular flexibility index (Phi) is 5.71. The maximum Gasteiger partial charge on any atom is 0.236 e. The molecule has 4 aromatic rings. The van der Waals surface area contributed by atoms with Gasteiger partial charge in [0.2, 0.25) is 11.9 Å². The van der Waals surface area contributed by atoms with E-state index in [0.29, 0.717) is 23.3 Å². The number of anilines is 1. The third-order valence-corrected chi connectivity index (χ3v) is 5.12. The fraction of sp³-hybridized carbons (Fsp3) is 0.0952. The Hall–Kier alpha value is -3.39. The summed E-state index contributed by atoms with van der Waals surface area (Å²) in [4.78, 5) is 12.3. The maximum absolute atomic E-state index is 13.3. The van der Waals surface area contributed by atoms with E-state index in [1.54, 1.807) is 12.1 Å². The van der Waals surface area contributed by atoms with Gasteiger partial charge in [0.05, 0.1) is 12.3 Å². The van der Waals surface area contributed by atoms with Gasteiger partial charge in [0.25, 0.3) is 0 Å². The van der Waals surface area contributed by atoms with Gasteiger partial charge in [-0.1, -0.05) is 48.2 Å². The molecule has 0 aliphatic rings. The molecular weight excluding hydrogens is 389 g/mol. The summed E-state index contributed by atoms with van der Waals surface area (Å²) in [5, 5.41) is 11.9. The first-order chi connectivity index (χ1) is 14.2. The number of nitrogens with one attached hydrogen (secondary N) is 1. The lowest BCUT2D eigenvalue weighted by molar-refractivity contribution is -0.113.